The molecule has 0 aromatic heterocycles. The van der Waals surface area contributed by atoms with Crippen LogP contribution in [-0.2, 0) is 0 Å². The summed E-state index contributed by atoms with van der Waals surface area (Å²) in [6, 6.07) is 7.97. The Balaban J connectivity index is 1.94. The van der Waals surface area contributed by atoms with E-state index in [0.29, 0.717) is 13.2 Å². The molecule has 0 amide bonds. The predicted octanol–water partition coefficient (Wildman–Crippen LogP) is 5.89. The van der Waals surface area contributed by atoms with Gasteiger partial charge in [-0.1, -0.05) is 64.2 Å². The molecule has 0 atom stereocenters. The van der Waals surface area contributed by atoms with Crippen molar-refractivity contribution >= 4 is 0 Å². The molecule has 2 N–H and O–H groups in total. The summed E-state index contributed by atoms with van der Waals surface area (Å²) in [5.74, 6) is 1.83. The molecule has 0 spiro atoms. The number of hydrogen-bond acceptors (Lipinski definition) is 4. The number of unbranched alkanes of at least 4 members (excludes halogenated alkanes) is 12. The van der Waals surface area contributed by atoms with E-state index in [9.17, 15) is 0 Å². The largest absolute Gasteiger partial charge is 0.494 e. The van der Waals surface area contributed by atoms with Gasteiger partial charge in [-0.15, -0.1) is 0 Å². The van der Waals surface area contributed by atoms with Gasteiger partial charge in [-0.3, -0.25) is 0 Å². The van der Waals surface area contributed by atoms with Crippen molar-refractivity contribution in [3.8, 4) is 11.5 Å². The molecule has 0 bridgehead atoms. The summed E-state index contributed by atoms with van der Waals surface area (Å²) < 4.78 is 11.6. The molecule has 1 aromatic rings. The Bertz CT molecular complexity index is 392. The van der Waals surface area contributed by atoms with E-state index in [0.717, 1.165) is 63.2 Å². The highest BCUT2D eigenvalue weighted by Crippen LogP contribution is 2.18. The third kappa shape index (κ3) is 14.8. The van der Waals surface area contributed by atoms with E-state index in [1.165, 1.54) is 51.4 Å². The van der Waals surface area contributed by atoms with Crippen LogP contribution in [0.25, 0.3) is 0 Å². The average Bonchev–Trinajstić information content (AvgIpc) is 2.72. The summed E-state index contributed by atoms with van der Waals surface area (Å²) in [7, 11) is 0. The minimum absolute atomic E-state index is 0.324. The Morgan fingerprint density at radius 3 is 1.04 bits per heavy atom. The van der Waals surface area contributed by atoms with Gasteiger partial charge in [-0.2, -0.15) is 0 Å². The van der Waals surface area contributed by atoms with Crippen LogP contribution in [0.1, 0.15) is 89.9 Å². The normalized spacial score (nSPS) is 10.9. The Hall–Kier alpha value is -1.26. The summed E-state index contributed by atoms with van der Waals surface area (Å²) in [6.45, 7) is 2.19. The van der Waals surface area contributed by atoms with Gasteiger partial charge < -0.3 is 19.7 Å². The zero-order valence-corrected chi connectivity index (χ0v) is 17.7. The number of ether oxygens (including phenoxy) is 2. The van der Waals surface area contributed by atoms with Crippen LogP contribution in [-0.4, -0.2) is 36.6 Å². The molecule has 0 aliphatic carbocycles. The first-order valence-electron chi connectivity index (χ1n) is 11.4. The summed E-state index contributed by atoms with van der Waals surface area (Å²) in [6.07, 6.45) is 16.3. The number of aliphatic hydroxyl groups excluding tert-OH is 2. The summed E-state index contributed by atoms with van der Waals surface area (Å²) >= 11 is 0. The topological polar surface area (TPSA) is 58.9 Å². The number of rotatable bonds is 20. The molecule has 1 aromatic carbocycles. The molecule has 0 radical (unpaired) electrons. The van der Waals surface area contributed by atoms with Gasteiger partial charge >= 0.3 is 0 Å². The molecule has 0 fully saturated rings. The van der Waals surface area contributed by atoms with Gasteiger partial charge in [-0.25, -0.2) is 0 Å². The third-order valence-electron chi connectivity index (χ3n) is 4.97. The number of hydrogen-bond donors (Lipinski definition) is 2. The second-order valence-corrected chi connectivity index (χ2v) is 7.57. The van der Waals surface area contributed by atoms with Crippen molar-refractivity contribution < 1.29 is 19.7 Å². The molecule has 4 heteroatoms. The van der Waals surface area contributed by atoms with Crippen molar-refractivity contribution in [1.82, 2.24) is 0 Å². The van der Waals surface area contributed by atoms with E-state index in [1.807, 2.05) is 24.3 Å². The molecule has 28 heavy (non-hydrogen) atoms. The van der Waals surface area contributed by atoms with Crippen LogP contribution < -0.4 is 9.47 Å². The minimum Gasteiger partial charge on any atom is -0.494 e. The molecule has 0 aliphatic rings. The van der Waals surface area contributed by atoms with E-state index in [1.54, 1.807) is 0 Å². The zero-order valence-electron chi connectivity index (χ0n) is 17.7. The lowest BCUT2D eigenvalue weighted by molar-refractivity contribution is 0.281. The van der Waals surface area contributed by atoms with E-state index in [-0.39, 0.29) is 0 Å². The van der Waals surface area contributed by atoms with Gasteiger partial charge in [0.05, 0.1) is 13.2 Å². The highest BCUT2D eigenvalue weighted by Gasteiger charge is 1.98. The third-order valence-corrected chi connectivity index (χ3v) is 4.97. The fourth-order valence-electron chi connectivity index (χ4n) is 3.21. The quantitative estimate of drug-likeness (QED) is 0.271. The van der Waals surface area contributed by atoms with E-state index >= 15 is 0 Å². The molecule has 4 nitrogen and oxygen atoms in total. The van der Waals surface area contributed by atoms with E-state index < -0.39 is 0 Å². The molecule has 1 rings (SSSR count). The van der Waals surface area contributed by atoms with Gasteiger partial charge in [0.25, 0.3) is 0 Å². The maximum Gasteiger partial charge on any atom is 0.119 e. The molecule has 162 valence electrons. The van der Waals surface area contributed by atoms with Crippen LogP contribution in [0.2, 0.25) is 0 Å². The van der Waals surface area contributed by atoms with Crippen molar-refractivity contribution in [2.75, 3.05) is 26.4 Å². The Labute approximate surface area is 172 Å². The number of benzene rings is 1. The highest BCUT2D eigenvalue weighted by molar-refractivity contribution is 5.31. The van der Waals surface area contributed by atoms with Crippen molar-refractivity contribution in [1.29, 1.82) is 0 Å². The van der Waals surface area contributed by atoms with Crippen molar-refractivity contribution in [2.24, 2.45) is 0 Å². The van der Waals surface area contributed by atoms with Crippen LogP contribution in [0.3, 0.4) is 0 Å². The van der Waals surface area contributed by atoms with Crippen molar-refractivity contribution in [3.05, 3.63) is 24.3 Å². The second kappa shape index (κ2) is 19.1. The zero-order chi connectivity index (χ0) is 20.1. The maximum atomic E-state index is 8.74. The fraction of sp³-hybridized carbons (Fsp3) is 0.750. The molecular formula is C24H42O4. The molecular weight excluding hydrogens is 352 g/mol. The lowest BCUT2D eigenvalue weighted by Gasteiger charge is -2.09. The first kappa shape index (κ1) is 24.8. The molecule has 0 saturated heterocycles. The van der Waals surface area contributed by atoms with Crippen LogP contribution >= 0.6 is 0 Å². The van der Waals surface area contributed by atoms with Crippen molar-refractivity contribution in [3.63, 3.8) is 0 Å². The summed E-state index contributed by atoms with van der Waals surface area (Å²) in [4.78, 5) is 0. The predicted molar refractivity (Wildman–Crippen MR) is 116 cm³/mol. The lowest BCUT2D eigenvalue weighted by Crippen LogP contribution is -1.99. The maximum absolute atomic E-state index is 8.74. The van der Waals surface area contributed by atoms with Crippen LogP contribution in [0, 0.1) is 0 Å². The van der Waals surface area contributed by atoms with Crippen LogP contribution in [0.4, 0.5) is 0 Å². The smallest absolute Gasteiger partial charge is 0.119 e. The Morgan fingerprint density at radius 1 is 0.429 bits per heavy atom. The summed E-state index contributed by atoms with van der Waals surface area (Å²) in [5, 5.41) is 17.5. The highest BCUT2D eigenvalue weighted by atomic mass is 16.5. The van der Waals surface area contributed by atoms with Gasteiger partial charge in [0.1, 0.15) is 11.5 Å². The lowest BCUT2D eigenvalue weighted by atomic mass is 10.1. The van der Waals surface area contributed by atoms with Crippen LogP contribution in [0.5, 0.6) is 11.5 Å². The molecule has 0 heterocycles. The van der Waals surface area contributed by atoms with Gasteiger partial charge in [0.2, 0.25) is 0 Å². The fourth-order valence-corrected chi connectivity index (χ4v) is 3.21. The molecule has 0 saturated carbocycles. The monoisotopic (exact) mass is 394 g/mol. The average molecular weight is 395 g/mol. The minimum atomic E-state index is 0.324. The van der Waals surface area contributed by atoms with E-state index in [2.05, 4.69) is 0 Å². The van der Waals surface area contributed by atoms with E-state index in [4.69, 9.17) is 19.7 Å². The standard InChI is InChI=1S/C24H42O4/c25-19-11-7-3-1-5-9-13-21-27-23-15-17-24(18-16-23)28-22-14-10-6-2-4-8-12-20-26/h15-18,25-26H,1-14,19-22H2. The SMILES string of the molecule is OCCCCCCCCCOc1ccc(OCCCCCCCCCO)cc1. The van der Waals surface area contributed by atoms with Gasteiger partial charge in [-0.05, 0) is 49.9 Å². The Morgan fingerprint density at radius 2 is 0.714 bits per heavy atom. The number of aliphatic hydroxyl groups is 2. The van der Waals surface area contributed by atoms with Crippen LogP contribution in [0.15, 0.2) is 24.3 Å². The van der Waals surface area contributed by atoms with Gasteiger partial charge in [0, 0.05) is 13.2 Å². The molecule has 0 aliphatic heterocycles. The van der Waals surface area contributed by atoms with Gasteiger partial charge in [0.15, 0.2) is 0 Å². The van der Waals surface area contributed by atoms with Crippen molar-refractivity contribution in [2.45, 2.75) is 89.9 Å². The summed E-state index contributed by atoms with van der Waals surface area (Å²) in [5.41, 5.74) is 0. The molecule has 0 unspecified atom stereocenters. The first-order chi connectivity index (χ1) is 13.9. The first-order valence-corrected chi connectivity index (χ1v) is 11.4. The Kier molecular flexibility index (Phi) is 16.9. The second-order valence-electron chi connectivity index (χ2n) is 7.57.